The molecule has 0 atom stereocenters. The first-order valence-corrected chi connectivity index (χ1v) is 21.7. The first kappa shape index (κ1) is 33.3. The summed E-state index contributed by atoms with van der Waals surface area (Å²) in [6, 6.07) is 74.5. The van der Waals surface area contributed by atoms with E-state index >= 15 is 0 Å². The number of aromatic nitrogens is 2. The van der Waals surface area contributed by atoms with E-state index in [1.54, 1.807) is 0 Å². The molecule has 4 nitrogen and oxygen atoms in total. The molecule has 272 valence electrons. The molecule has 5 heteroatoms. The molecule has 11 rings (SSSR count). The molecule has 1 aliphatic rings. The van der Waals surface area contributed by atoms with Crippen LogP contribution in [0.1, 0.15) is 0 Å². The van der Waals surface area contributed by atoms with Gasteiger partial charge in [-0.1, -0.05) is 146 Å². The zero-order valence-electron chi connectivity index (χ0n) is 31.7. The fraction of sp³-hybridized carbons (Fsp3) is 0.0385. The largest absolute Gasteiger partial charge is 0.361 e. The lowest BCUT2D eigenvalue weighted by atomic mass is 10.1. The molecule has 10 aromatic rings. The van der Waals surface area contributed by atoms with E-state index in [1.165, 1.54) is 70.0 Å². The van der Waals surface area contributed by atoms with E-state index in [2.05, 4.69) is 239 Å². The lowest BCUT2D eigenvalue weighted by Crippen LogP contribution is -2.74. The van der Waals surface area contributed by atoms with Crippen molar-refractivity contribution in [1.82, 2.24) is 14.0 Å². The van der Waals surface area contributed by atoms with Crippen molar-refractivity contribution in [2.75, 3.05) is 18.6 Å². The molecular weight excluding hydrogens is 709 g/mol. The number of anilines is 1. The van der Waals surface area contributed by atoms with Crippen molar-refractivity contribution in [3.63, 3.8) is 0 Å². The highest BCUT2D eigenvalue weighted by Gasteiger charge is 2.42. The molecule has 0 amide bonds. The summed E-state index contributed by atoms with van der Waals surface area (Å²) in [5, 5.41) is 10.4. The van der Waals surface area contributed by atoms with Crippen LogP contribution in [0, 0.1) is 0 Å². The van der Waals surface area contributed by atoms with E-state index in [-0.39, 0.29) is 0 Å². The average molecular weight is 749 g/mol. The molecule has 0 spiro atoms. The van der Waals surface area contributed by atoms with Crippen LogP contribution in [0.25, 0.3) is 55.0 Å². The molecule has 0 saturated carbocycles. The van der Waals surface area contributed by atoms with E-state index in [0.29, 0.717) is 0 Å². The van der Waals surface area contributed by atoms with Gasteiger partial charge in [-0.3, -0.25) is 0 Å². The van der Waals surface area contributed by atoms with Crippen LogP contribution in [-0.2, 0) is 0 Å². The van der Waals surface area contributed by atoms with Crippen LogP contribution in [0.2, 0.25) is 0 Å². The maximum Gasteiger partial charge on any atom is 0.179 e. The van der Waals surface area contributed by atoms with Gasteiger partial charge in [-0.2, -0.15) is 0 Å². The van der Waals surface area contributed by atoms with Crippen molar-refractivity contribution >= 4 is 78.1 Å². The number of hydrogen-bond donors (Lipinski definition) is 0. The summed E-state index contributed by atoms with van der Waals surface area (Å²) in [6.45, 7) is 0.826. The molecule has 57 heavy (non-hydrogen) atoms. The Morgan fingerprint density at radius 3 is 1.61 bits per heavy atom. The Bertz CT molecular complexity index is 3070. The minimum absolute atomic E-state index is 0.826. The monoisotopic (exact) mass is 748 g/mol. The molecule has 0 bridgehead atoms. The van der Waals surface area contributed by atoms with Gasteiger partial charge in [-0.15, -0.1) is 0 Å². The predicted molar refractivity (Wildman–Crippen MR) is 243 cm³/mol. The normalized spacial score (nSPS) is 13.1. The lowest BCUT2D eigenvalue weighted by molar-refractivity contribution is 0.496. The SMILES string of the molecule is CN1C=CN(c2cccc([Si](c3ccccc3)(c3ccccc3)c3ccc4c5ccc6c(c7ccccc7n6-c6ccccc6)c5n(-c5ccccc5)c4c3)c2)C1. The molecule has 0 aliphatic carbocycles. The summed E-state index contributed by atoms with van der Waals surface area (Å²) >= 11 is 0. The molecule has 0 unspecified atom stereocenters. The van der Waals surface area contributed by atoms with Gasteiger partial charge in [0.05, 0.1) is 28.7 Å². The number of hydrogen-bond acceptors (Lipinski definition) is 2. The summed E-state index contributed by atoms with van der Waals surface area (Å²) in [5.74, 6) is 0. The number of nitrogens with zero attached hydrogens (tertiary/aromatic N) is 4. The summed E-state index contributed by atoms with van der Waals surface area (Å²) < 4.78 is 4.96. The van der Waals surface area contributed by atoms with Gasteiger partial charge in [0, 0.05) is 58.1 Å². The van der Waals surface area contributed by atoms with Crippen molar-refractivity contribution in [2.45, 2.75) is 0 Å². The minimum Gasteiger partial charge on any atom is -0.361 e. The first-order chi connectivity index (χ1) is 28.2. The van der Waals surface area contributed by atoms with Crippen LogP contribution in [0.3, 0.4) is 0 Å². The van der Waals surface area contributed by atoms with E-state index in [0.717, 1.165) is 18.0 Å². The zero-order chi connectivity index (χ0) is 37.9. The maximum atomic E-state index is 2.54. The molecule has 1 aliphatic heterocycles. The van der Waals surface area contributed by atoms with Gasteiger partial charge in [0.25, 0.3) is 0 Å². The predicted octanol–water partition coefficient (Wildman–Crippen LogP) is 9.44. The molecule has 2 aromatic heterocycles. The fourth-order valence-corrected chi connectivity index (χ4v) is 14.3. The Morgan fingerprint density at radius 1 is 0.386 bits per heavy atom. The van der Waals surface area contributed by atoms with E-state index in [9.17, 15) is 0 Å². The van der Waals surface area contributed by atoms with Gasteiger partial charge in [0.15, 0.2) is 8.07 Å². The second kappa shape index (κ2) is 13.3. The maximum absolute atomic E-state index is 2.91. The Hall–Kier alpha value is -7.08. The molecular formula is C52H40N4Si. The third kappa shape index (κ3) is 5.13. The highest BCUT2D eigenvalue weighted by molar-refractivity contribution is 7.20. The third-order valence-electron chi connectivity index (χ3n) is 11.9. The number of para-hydroxylation sites is 3. The van der Waals surface area contributed by atoms with Crippen LogP contribution in [0.15, 0.2) is 213 Å². The third-order valence-corrected chi connectivity index (χ3v) is 16.7. The minimum atomic E-state index is -2.91. The van der Waals surface area contributed by atoms with Crippen LogP contribution >= 0.6 is 0 Å². The summed E-state index contributed by atoms with van der Waals surface area (Å²) in [7, 11) is -0.782. The Kier molecular flexibility index (Phi) is 7.76. The van der Waals surface area contributed by atoms with Crippen molar-refractivity contribution in [3.8, 4) is 11.4 Å². The van der Waals surface area contributed by atoms with Gasteiger partial charge in [0.2, 0.25) is 0 Å². The molecule has 0 saturated heterocycles. The Balaban J connectivity index is 1.27. The van der Waals surface area contributed by atoms with E-state index in [4.69, 9.17) is 0 Å². The number of benzene rings is 8. The molecule has 3 heterocycles. The topological polar surface area (TPSA) is 16.3 Å². The van der Waals surface area contributed by atoms with Gasteiger partial charge < -0.3 is 18.9 Å². The smallest absolute Gasteiger partial charge is 0.179 e. The summed E-state index contributed by atoms with van der Waals surface area (Å²) in [6.07, 6.45) is 4.34. The van der Waals surface area contributed by atoms with Gasteiger partial charge in [-0.05, 0) is 75.3 Å². The van der Waals surface area contributed by atoms with E-state index in [1.807, 2.05) is 0 Å². The molecule has 0 fully saturated rings. The van der Waals surface area contributed by atoms with Gasteiger partial charge in [0.1, 0.15) is 0 Å². The molecule has 8 aromatic carbocycles. The van der Waals surface area contributed by atoms with Crippen LogP contribution in [-0.4, -0.2) is 35.8 Å². The highest BCUT2D eigenvalue weighted by atomic mass is 28.3. The standard InChI is InChI=1S/C52H40N4Si/c1-53-33-34-54(37-53)40-21-16-26-43(35-40)57(41-22-10-4-11-23-41,42-24-12-5-13-25-42)44-29-30-45-46-31-32-49-51(52(46)56(50(45)36-44)39-19-8-3-9-20-39)47-27-14-15-28-48(47)55(49)38-17-6-2-7-18-38/h2-36H,37H2,1H3. The summed E-state index contributed by atoms with van der Waals surface area (Å²) in [5.41, 5.74) is 8.36. The van der Waals surface area contributed by atoms with Crippen LogP contribution in [0.4, 0.5) is 5.69 Å². The van der Waals surface area contributed by atoms with Crippen molar-refractivity contribution in [1.29, 1.82) is 0 Å². The van der Waals surface area contributed by atoms with Crippen molar-refractivity contribution in [2.24, 2.45) is 0 Å². The Morgan fingerprint density at radius 2 is 0.947 bits per heavy atom. The summed E-state index contributed by atoms with van der Waals surface area (Å²) in [4.78, 5) is 4.56. The first-order valence-electron chi connectivity index (χ1n) is 19.7. The highest BCUT2D eigenvalue weighted by Crippen LogP contribution is 2.42. The van der Waals surface area contributed by atoms with Crippen LogP contribution < -0.4 is 25.6 Å². The molecule has 0 N–H and O–H groups in total. The molecule has 0 radical (unpaired) electrons. The van der Waals surface area contributed by atoms with Gasteiger partial charge in [-0.25, -0.2) is 0 Å². The lowest BCUT2D eigenvalue weighted by Gasteiger charge is -2.35. The quantitative estimate of drug-likeness (QED) is 0.119. The van der Waals surface area contributed by atoms with E-state index < -0.39 is 8.07 Å². The number of rotatable bonds is 7. The van der Waals surface area contributed by atoms with Gasteiger partial charge >= 0.3 is 0 Å². The fourth-order valence-electron chi connectivity index (χ4n) is 9.48. The Labute approximate surface area is 333 Å². The zero-order valence-corrected chi connectivity index (χ0v) is 32.7. The van der Waals surface area contributed by atoms with Crippen molar-refractivity contribution in [3.05, 3.63) is 213 Å². The average Bonchev–Trinajstić information content (AvgIpc) is 3.97. The second-order valence-corrected chi connectivity index (χ2v) is 19.0. The van der Waals surface area contributed by atoms with Crippen LogP contribution in [0.5, 0.6) is 0 Å². The number of fused-ring (bicyclic) bond motifs is 7. The second-order valence-electron chi connectivity index (χ2n) is 15.1. The van der Waals surface area contributed by atoms with Crippen molar-refractivity contribution < 1.29 is 0 Å².